The molecule has 3 atom stereocenters. The van der Waals surface area contributed by atoms with Crippen LogP contribution in [0.15, 0.2) is 5.51 Å². The topological polar surface area (TPSA) is 54.5 Å². The van der Waals surface area contributed by atoms with Gasteiger partial charge in [-0.15, -0.1) is 11.3 Å². The number of carbonyl (C=O) groups excluding carboxylic acids is 1. The molecule has 2 aliphatic rings. The molecule has 3 rings (SSSR count). The van der Waals surface area contributed by atoms with Gasteiger partial charge >= 0.3 is 0 Å². The van der Waals surface area contributed by atoms with Crippen LogP contribution < -0.4 is 5.32 Å². The smallest absolute Gasteiger partial charge is 0.248 e. The van der Waals surface area contributed by atoms with Crippen molar-refractivity contribution in [1.29, 1.82) is 0 Å². The first-order valence-electron chi connectivity index (χ1n) is 7.15. The summed E-state index contributed by atoms with van der Waals surface area (Å²) in [6, 6.07) is 0. The number of likely N-dealkylation sites (tertiary alicyclic amines) is 1. The number of carbonyl (C=O) groups is 1. The Bertz CT molecular complexity index is 491. The highest BCUT2D eigenvalue weighted by Gasteiger charge is 2.41. The van der Waals surface area contributed by atoms with Gasteiger partial charge in [-0.25, -0.2) is 4.98 Å². The van der Waals surface area contributed by atoms with Gasteiger partial charge in [-0.05, 0) is 32.2 Å². The van der Waals surface area contributed by atoms with Gasteiger partial charge in [-0.1, -0.05) is 0 Å². The minimum Gasteiger partial charge on any atom is -0.364 e. The molecule has 3 heterocycles. The first-order valence-corrected chi connectivity index (χ1v) is 8.03. The molecule has 0 bridgehead atoms. The molecule has 0 aromatic carbocycles. The Morgan fingerprint density at radius 2 is 2.50 bits per heavy atom. The molecule has 110 valence electrons. The molecule has 2 aliphatic heterocycles. The molecule has 6 heteroatoms. The molecule has 0 unspecified atom stereocenters. The van der Waals surface area contributed by atoms with Gasteiger partial charge in [-0.2, -0.15) is 0 Å². The average Bonchev–Trinajstić information content (AvgIpc) is 3.04. The van der Waals surface area contributed by atoms with Crippen molar-refractivity contribution in [1.82, 2.24) is 15.2 Å². The Hall–Kier alpha value is -0.980. The van der Waals surface area contributed by atoms with Crippen molar-refractivity contribution < 1.29 is 9.53 Å². The van der Waals surface area contributed by atoms with Crippen LogP contribution >= 0.6 is 11.3 Å². The van der Waals surface area contributed by atoms with E-state index in [1.54, 1.807) is 18.4 Å². The summed E-state index contributed by atoms with van der Waals surface area (Å²) in [5.41, 5.74) is 3.04. The third-order valence-corrected chi connectivity index (χ3v) is 5.31. The Kier molecular flexibility index (Phi) is 4.05. The minimum atomic E-state index is -0.250. The number of nitrogens with one attached hydrogen (secondary N) is 1. The number of rotatable bonds is 3. The highest BCUT2D eigenvalue weighted by atomic mass is 32.1. The molecule has 1 aromatic heterocycles. The lowest BCUT2D eigenvalue weighted by Crippen LogP contribution is -2.42. The number of aromatic nitrogens is 1. The number of nitrogens with zero attached hydrogens (tertiary/aromatic N) is 2. The van der Waals surface area contributed by atoms with E-state index < -0.39 is 0 Å². The number of aryl methyl sites for hydroxylation is 1. The maximum Gasteiger partial charge on any atom is 0.248 e. The van der Waals surface area contributed by atoms with E-state index in [0.717, 1.165) is 38.2 Å². The van der Waals surface area contributed by atoms with E-state index in [9.17, 15) is 4.79 Å². The second kappa shape index (κ2) is 5.79. The molecule has 1 N–H and O–H groups in total. The number of piperidine rings is 1. The standard InChI is InChI=1S/C14H21N3O2S/c1-9-13(20-8-16-9)7-17-4-3-10-5-11(14(18)15-2)19-12(10)6-17/h8,10-12H,3-7H2,1-2H3,(H,15,18)/t10-,11+,12+/m1/s1. The zero-order valence-electron chi connectivity index (χ0n) is 12.0. The van der Waals surface area contributed by atoms with Gasteiger partial charge in [0.05, 0.1) is 17.3 Å². The van der Waals surface area contributed by atoms with E-state index in [1.165, 1.54) is 4.88 Å². The Morgan fingerprint density at radius 3 is 3.20 bits per heavy atom. The molecule has 0 spiro atoms. The van der Waals surface area contributed by atoms with E-state index in [4.69, 9.17) is 4.74 Å². The van der Waals surface area contributed by atoms with E-state index in [1.807, 2.05) is 5.51 Å². The molecule has 5 nitrogen and oxygen atoms in total. The second-order valence-corrected chi connectivity index (χ2v) is 6.60. The normalized spacial score (nSPS) is 30.2. The third-order valence-electron chi connectivity index (χ3n) is 4.39. The molecule has 20 heavy (non-hydrogen) atoms. The molecule has 1 amide bonds. The maximum atomic E-state index is 11.7. The van der Waals surface area contributed by atoms with Crippen molar-refractivity contribution >= 4 is 17.2 Å². The van der Waals surface area contributed by atoms with Crippen molar-refractivity contribution in [3.63, 3.8) is 0 Å². The first-order chi connectivity index (χ1) is 9.67. The van der Waals surface area contributed by atoms with Gasteiger partial charge in [-0.3, -0.25) is 9.69 Å². The second-order valence-electron chi connectivity index (χ2n) is 5.66. The summed E-state index contributed by atoms with van der Waals surface area (Å²) in [5, 5.41) is 2.69. The quantitative estimate of drug-likeness (QED) is 0.910. The Morgan fingerprint density at radius 1 is 1.65 bits per heavy atom. The van der Waals surface area contributed by atoms with Crippen molar-refractivity contribution in [2.45, 2.75) is 38.5 Å². The Labute approximate surface area is 123 Å². The third kappa shape index (κ3) is 2.73. The Balaban J connectivity index is 1.59. The lowest BCUT2D eigenvalue weighted by Gasteiger charge is -2.33. The van der Waals surface area contributed by atoms with Gasteiger partial charge < -0.3 is 10.1 Å². The van der Waals surface area contributed by atoms with Crippen molar-refractivity contribution in [2.24, 2.45) is 5.92 Å². The van der Waals surface area contributed by atoms with Crippen molar-refractivity contribution in [2.75, 3.05) is 20.1 Å². The monoisotopic (exact) mass is 295 g/mol. The van der Waals surface area contributed by atoms with Gasteiger partial charge in [0.2, 0.25) is 5.91 Å². The lowest BCUT2D eigenvalue weighted by atomic mass is 9.91. The minimum absolute atomic E-state index is 0.0178. The highest BCUT2D eigenvalue weighted by molar-refractivity contribution is 7.09. The van der Waals surface area contributed by atoms with Crippen LogP contribution in [0.2, 0.25) is 0 Å². The van der Waals surface area contributed by atoms with Crippen LogP contribution in [0.5, 0.6) is 0 Å². The van der Waals surface area contributed by atoms with Crippen molar-refractivity contribution in [3.05, 3.63) is 16.1 Å². The number of amides is 1. The number of ether oxygens (including phenoxy) is 1. The summed E-state index contributed by atoms with van der Waals surface area (Å²) in [7, 11) is 1.67. The number of likely N-dealkylation sites (N-methyl/N-ethyl adjacent to an activating group) is 1. The predicted molar refractivity (Wildman–Crippen MR) is 77.6 cm³/mol. The van der Waals surface area contributed by atoms with Gasteiger partial charge in [0.25, 0.3) is 0 Å². The summed E-state index contributed by atoms with van der Waals surface area (Å²) in [6.07, 6.45) is 1.95. The van der Waals surface area contributed by atoms with Gasteiger partial charge in [0.1, 0.15) is 6.10 Å². The fourth-order valence-electron chi connectivity index (χ4n) is 3.15. The predicted octanol–water partition coefficient (Wildman–Crippen LogP) is 1.18. The van der Waals surface area contributed by atoms with E-state index in [0.29, 0.717) is 5.92 Å². The first kappa shape index (κ1) is 14.0. The van der Waals surface area contributed by atoms with Crippen LogP contribution in [-0.4, -0.2) is 48.1 Å². The molecular formula is C14H21N3O2S. The van der Waals surface area contributed by atoms with Crippen LogP contribution in [-0.2, 0) is 16.1 Å². The van der Waals surface area contributed by atoms with E-state index >= 15 is 0 Å². The highest BCUT2D eigenvalue weighted by Crippen LogP contribution is 2.34. The van der Waals surface area contributed by atoms with Crippen LogP contribution in [0, 0.1) is 12.8 Å². The molecule has 0 saturated carbocycles. The largest absolute Gasteiger partial charge is 0.364 e. The van der Waals surface area contributed by atoms with Crippen molar-refractivity contribution in [3.8, 4) is 0 Å². The summed E-state index contributed by atoms with van der Waals surface area (Å²) in [4.78, 5) is 19.7. The zero-order chi connectivity index (χ0) is 14.1. The fraction of sp³-hybridized carbons (Fsp3) is 0.714. The van der Waals surface area contributed by atoms with Gasteiger partial charge in [0, 0.05) is 25.0 Å². The summed E-state index contributed by atoms with van der Waals surface area (Å²) in [5.74, 6) is 0.556. The summed E-state index contributed by atoms with van der Waals surface area (Å²) in [6.45, 7) is 5.03. The average molecular weight is 295 g/mol. The van der Waals surface area contributed by atoms with Crippen LogP contribution in [0.1, 0.15) is 23.4 Å². The maximum absolute atomic E-state index is 11.7. The molecule has 2 saturated heterocycles. The number of hydrogen-bond acceptors (Lipinski definition) is 5. The molecular weight excluding hydrogens is 274 g/mol. The van der Waals surface area contributed by atoms with Crippen LogP contribution in [0.25, 0.3) is 0 Å². The molecule has 0 radical (unpaired) electrons. The zero-order valence-corrected chi connectivity index (χ0v) is 12.8. The van der Waals surface area contributed by atoms with Gasteiger partial charge in [0.15, 0.2) is 0 Å². The van der Waals surface area contributed by atoms with Crippen LogP contribution in [0.4, 0.5) is 0 Å². The van der Waals surface area contributed by atoms with E-state index in [-0.39, 0.29) is 18.1 Å². The molecule has 2 fully saturated rings. The fourth-order valence-corrected chi connectivity index (χ4v) is 3.97. The SMILES string of the molecule is CNC(=O)[C@@H]1C[C@H]2CCN(Cc3scnc3C)C[C@@H]2O1. The van der Waals surface area contributed by atoms with Crippen LogP contribution in [0.3, 0.4) is 0 Å². The number of hydrogen-bond donors (Lipinski definition) is 1. The number of fused-ring (bicyclic) bond motifs is 1. The summed E-state index contributed by atoms with van der Waals surface area (Å²) < 4.78 is 5.93. The number of thiazole rings is 1. The molecule has 0 aliphatic carbocycles. The summed E-state index contributed by atoms with van der Waals surface area (Å²) >= 11 is 1.72. The molecule has 1 aromatic rings. The lowest BCUT2D eigenvalue weighted by molar-refractivity contribution is -0.132. The van der Waals surface area contributed by atoms with E-state index in [2.05, 4.69) is 22.1 Å².